The maximum atomic E-state index is 14.8. The smallest absolute Gasteiger partial charge is 0.276 e. The second-order valence-corrected chi connectivity index (χ2v) is 8.43. The molecule has 2 aromatic carbocycles. The Morgan fingerprint density at radius 3 is 2.82 bits per heavy atom. The van der Waals surface area contributed by atoms with E-state index in [0.717, 1.165) is 11.6 Å². The van der Waals surface area contributed by atoms with Gasteiger partial charge in [-0.25, -0.2) is 4.39 Å². The summed E-state index contributed by atoms with van der Waals surface area (Å²) in [7, 11) is 3.28. The number of anilines is 1. The lowest BCUT2D eigenvalue weighted by atomic mass is 10.1. The summed E-state index contributed by atoms with van der Waals surface area (Å²) >= 11 is 6.31. The van der Waals surface area contributed by atoms with Gasteiger partial charge in [-0.05, 0) is 30.2 Å². The van der Waals surface area contributed by atoms with Crippen molar-refractivity contribution in [3.63, 3.8) is 0 Å². The van der Waals surface area contributed by atoms with Crippen LogP contribution in [0.5, 0.6) is 0 Å². The average molecular weight is 475 g/mol. The molecule has 33 heavy (non-hydrogen) atoms. The number of ether oxygens (including phenoxy) is 1. The maximum absolute atomic E-state index is 14.8. The van der Waals surface area contributed by atoms with E-state index in [1.165, 1.54) is 11.0 Å². The minimum absolute atomic E-state index is 0.0824. The highest BCUT2D eigenvalue weighted by Crippen LogP contribution is 2.28. The van der Waals surface area contributed by atoms with Crippen molar-refractivity contribution in [1.29, 1.82) is 0 Å². The molecule has 2 N–H and O–H groups in total. The molecule has 1 aliphatic rings. The third kappa shape index (κ3) is 4.57. The van der Waals surface area contributed by atoms with Crippen LogP contribution in [0.1, 0.15) is 22.5 Å². The number of aromatic nitrogens is 2. The van der Waals surface area contributed by atoms with Gasteiger partial charge in [-0.3, -0.25) is 14.3 Å². The average Bonchev–Trinajstić information content (AvgIpc) is 3.38. The first-order valence-electron chi connectivity index (χ1n) is 10.5. The van der Waals surface area contributed by atoms with Gasteiger partial charge in [-0.15, -0.1) is 0 Å². The van der Waals surface area contributed by atoms with E-state index in [1.54, 1.807) is 31.0 Å². The Kier molecular flexibility index (Phi) is 6.64. The van der Waals surface area contributed by atoms with Gasteiger partial charge >= 0.3 is 0 Å². The number of amides is 2. The van der Waals surface area contributed by atoms with Crippen molar-refractivity contribution in [3.05, 3.63) is 58.5 Å². The number of hydrogen-bond acceptors (Lipinski definition) is 5. The number of nitrogens with zero attached hydrogens (tertiary/aromatic N) is 3. The molecule has 0 saturated carbocycles. The number of benzene rings is 2. The summed E-state index contributed by atoms with van der Waals surface area (Å²) in [5.41, 5.74) is 1.16. The predicted octanol–water partition coefficient (Wildman–Crippen LogP) is 2.77. The highest BCUT2D eigenvalue weighted by atomic mass is 35.5. The molecule has 3 aromatic rings. The molecule has 2 amide bonds. The van der Waals surface area contributed by atoms with E-state index in [-0.39, 0.29) is 53.0 Å². The summed E-state index contributed by atoms with van der Waals surface area (Å²) in [5.74, 6) is -1.53. The number of nitrogens with one attached hydrogen (secondary N) is 1. The lowest BCUT2D eigenvalue weighted by Gasteiger charge is -2.23. The number of halogens is 2. The summed E-state index contributed by atoms with van der Waals surface area (Å²) < 4.78 is 21.7. The SMILES string of the molecule is CO[C@H]1C[C@@H](CO)N(C(=O)Cc2cc(Cl)c(NC(=O)c3nn(C)c4ccccc34)cc2F)C1. The van der Waals surface area contributed by atoms with Crippen LogP contribution in [0, 0.1) is 5.82 Å². The van der Waals surface area contributed by atoms with Crippen molar-refractivity contribution in [2.45, 2.75) is 25.0 Å². The maximum Gasteiger partial charge on any atom is 0.276 e. The number of rotatable bonds is 6. The largest absolute Gasteiger partial charge is 0.394 e. The second kappa shape index (κ2) is 9.46. The monoisotopic (exact) mass is 474 g/mol. The van der Waals surface area contributed by atoms with Gasteiger partial charge in [0.1, 0.15) is 5.82 Å². The number of aliphatic hydroxyl groups is 1. The molecule has 4 rings (SSSR count). The van der Waals surface area contributed by atoms with Gasteiger partial charge in [0.25, 0.3) is 5.91 Å². The van der Waals surface area contributed by atoms with Crippen molar-refractivity contribution < 1.29 is 23.8 Å². The molecule has 0 aliphatic carbocycles. The summed E-state index contributed by atoms with van der Waals surface area (Å²) in [6.07, 6.45) is 0.132. The Morgan fingerprint density at radius 2 is 2.09 bits per heavy atom. The molecule has 1 saturated heterocycles. The Morgan fingerprint density at radius 1 is 1.33 bits per heavy atom. The third-order valence-electron chi connectivity index (χ3n) is 5.94. The van der Waals surface area contributed by atoms with Crippen LogP contribution >= 0.6 is 11.6 Å². The molecular weight excluding hydrogens is 451 g/mol. The van der Waals surface area contributed by atoms with Crippen LogP contribution in [0.2, 0.25) is 5.02 Å². The Hall–Kier alpha value is -3.01. The molecule has 10 heteroatoms. The number of methoxy groups -OCH3 is 1. The molecule has 2 atom stereocenters. The number of likely N-dealkylation sites (tertiary alicyclic amines) is 1. The van der Waals surface area contributed by atoms with Crippen molar-refractivity contribution in [2.24, 2.45) is 7.05 Å². The van der Waals surface area contributed by atoms with Gasteiger partial charge in [0.05, 0.1) is 41.4 Å². The molecule has 1 aromatic heterocycles. The molecule has 2 heterocycles. The molecular formula is C23H24ClFN4O4. The molecule has 8 nitrogen and oxygen atoms in total. The van der Waals surface area contributed by atoms with Crippen LogP contribution in [0.4, 0.5) is 10.1 Å². The molecule has 0 spiro atoms. The number of hydrogen-bond donors (Lipinski definition) is 2. The first-order chi connectivity index (χ1) is 15.8. The second-order valence-electron chi connectivity index (χ2n) is 8.02. The van der Waals surface area contributed by atoms with E-state index < -0.39 is 11.7 Å². The number of para-hydroxylation sites is 1. The summed E-state index contributed by atoms with van der Waals surface area (Å²) in [5, 5.41) is 17.2. The normalized spacial score (nSPS) is 18.2. The van der Waals surface area contributed by atoms with Crippen molar-refractivity contribution >= 4 is 40.0 Å². The molecule has 0 bridgehead atoms. The first-order valence-corrected chi connectivity index (χ1v) is 10.8. The van der Waals surface area contributed by atoms with Crippen LogP contribution in [-0.4, -0.2) is 64.0 Å². The topological polar surface area (TPSA) is 96.7 Å². The zero-order valence-corrected chi connectivity index (χ0v) is 19.0. The van der Waals surface area contributed by atoms with Gasteiger partial charge in [-0.2, -0.15) is 5.10 Å². The molecule has 174 valence electrons. The van der Waals surface area contributed by atoms with Crippen LogP contribution in [0.25, 0.3) is 10.9 Å². The van der Waals surface area contributed by atoms with Crippen molar-refractivity contribution in [2.75, 3.05) is 25.6 Å². The zero-order chi connectivity index (χ0) is 23.7. The molecule has 0 radical (unpaired) electrons. The number of carbonyl (C=O) groups is 2. The molecule has 0 unspecified atom stereocenters. The highest BCUT2D eigenvalue weighted by Gasteiger charge is 2.35. The van der Waals surface area contributed by atoms with Gasteiger partial charge in [0.15, 0.2) is 5.69 Å². The van der Waals surface area contributed by atoms with E-state index in [9.17, 15) is 19.1 Å². The van der Waals surface area contributed by atoms with E-state index in [4.69, 9.17) is 16.3 Å². The predicted molar refractivity (Wildman–Crippen MR) is 122 cm³/mol. The van der Waals surface area contributed by atoms with Crippen LogP contribution in [0.15, 0.2) is 36.4 Å². The fraction of sp³-hybridized carbons (Fsp3) is 0.348. The number of aliphatic hydroxyl groups excluding tert-OH is 1. The van der Waals surface area contributed by atoms with Crippen molar-refractivity contribution in [1.82, 2.24) is 14.7 Å². The lowest BCUT2D eigenvalue weighted by Crippen LogP contribution is -2.39. The number of carbonyl (C=O) groups excluding carboxylic acids is 2. The van der Waals surface area contributed by atoms with Gasteiger partial charge in [0, 0.05) is 26.1 Å². The highest BCUT2D eigenvalue weighted by molar-refractivity contribution is 6.34. The standard InChI is InChI=1S/C23H24ClFN4O4/c1-28-20-6-4-3-5-16(20)22(27-28)23(32)26-19-10-18(25)13(7-17(19)24)8-21(31)29-11-15(33-2)9-14(29)12-30/h3-7,10,14-15,30H,8-9,11-12H2,1-2H3,(H,26,32)/t14-,15-/m0/s1. The lowest BCUT2D eigenvalue weighted by molar-refractivity contribution is -0.132. The van der Waals surface area contributed by atoms with Crippen LogP contribution in [-0.2, 0) is 23.0 Å². The summed E-state index contributed by atoms with van der Waals surface area (Å²) in [6, 6.07) is 9.33. The van der Waals surface area contributed by atoms with E-state index >= 15 is 0 Å². The Balaban J connectivity index is 1.51. The first kappa shape index (κ1) is 23.2. The van der Waals surface area contributed by atoms with Crippen LogP contribution in [0.3, 0.4) is 0 Å². The quantitative estimate of drug-likeness (QED) is 0.572. The van der Waals surface area contributed by atoms with Gasteiger partial charge in [0.2, 0.25) is 5.91 Å². The minimum atomic E-state index is -0.669. The van der Waals surface area contributed by atoms with Crippen molar-refractivity contribution in [3.8, 4) is 0 Å². The third-order valence-corrected chi connectivity index (χ3v) is 6.25. The molecule has 1 aliphatic heterocycles. The summed E-state index contributed by atoms with van der Waals surface area (Å²) in [6.45, 7) is 0.143. The minimum Gasteiger partial charge on any atom is -0.394 e. The van der Waals surface area contributed by atoms with Gasteiger partial charge < -0.3 is 20.1 Å². The van der Waals surface area contributed by atoms with Crippen LogP contribution < -0.4 is 5.32 Å². The van der Waals surface area contributed by atoms with E-state index in [2.05, 4.69) is 10.4 Å². The van der Waals surface area contributed by atoms with E-state index in [0.29, 0.717) is 18.4 Å². The molecule has 1 fully saturated rings. The Bertz CT molecular complexity index is 1210. The Labute approximate surface area is 194 Å². The van der Waals surface area contributed by atoms with E-state index in [1.807, 2.05) is 12.1 Å². The zero-order valence-electron chi connectivity index (χ0n) is 18.2. The number of fused-ring (bicyclic) bond motifs is 1. The van der Waals surface area contributed by atoms with Gasteiger partial charge in [-0.1, -0.05) is 29.8 Å². The fourth-order valence-electron chi connectivity index (χ4n) is 4.17. The fourth-order valence-corrected chi connectivity index (χ4v) is 4.40. The summed E-state index contributed by atoms with van der Waals surface area (Å²) in [4.78, 5) is 27.1. The number of aryl methyl sites for hydroxylation is 1.